The third-order valence-electron chi connectivity index (χ3n) is 2.98. The third-order valence-corrected chi connectivity index (χ3v) is 2.98. The van der Waals surface area contributed by atoms with E-state index in [1.54, 1.807) is 0 Å². The van der Waals surface area contributed by atoms with Gasteiger partial charge in [0.1, 0.15) is 5.82 Å². The minimum Gasteiger partial charge on any atom is -0.330 e. The number of hydrogen-bond donors (Lipinski definition) is 2. The number of rotatable bonds is 3. The van der Waals surface area contributed by atoms with E-state index in [9.17, 15) is 4.79 Å². The zero-order valence-electron chi connectivity index (χ0n) is 9.79. The highest BCUT2D eigenvalue weighted by atomic mass is 16.1. The van der Waals surface area contributed by atoms with Crippen LogP contribution in [0.2, 0.25) is 0 Å². The number of H-pyrrole nitrogens is 1. The first-order valence-corrected chi connectivity index (χ1v) is 5.67. The lowest BCUT2D eigenvalue weighted by molar-refractivity contribution is 0.226. The predicted octanol–water partition coefficient (Wildman–Crippen LogP) is -0.00490. The Bertz CT molecular complexity index is 438. The standard InChI is InChI=1S/C11H18N4O/c1-7(2)15-5-8-9(6-15)13-10(3-4-12)14-11(8)16/h7H,3-6,12H2,1-2H3,(H,13,14,16). The van der Waals surface area contributed by atoms with Crippen LogP contribution < -0.4 is 11.3 Å². The summed E-state index contributed by atoms with van der Waals surface area (Å²) in [6, 6.07) is 0.437. The maximum atomic E-state index is 11.8. The Balaban J connectivity index is 2.31. The number of fused-ring (bicyclic) bond motifs is 1. The van der Waals surface area contributed by atoms with Crippen LogP contribution in [-0.4, -0.2) is 27.5 Å². The molecule has 5 heteroatoms. The van der Waals surface area contributed by atoms with Crippen molar-refractivity contribution in [1.82, 2.24) is 14.9 Å². The second-order valence-corrected chi connectivity index (χ2v) is 4.48. The molecule has 0 aromatic carbocycles. The van der Waals surface area contributed by atoms with Crippen molar-refractivity contribution in [1.29, 1.82) is 0 Å². The summed E-state index contributed by atoms with van der Waals surface area (Å²) in [6.07, 6.45) is 0.629. The topological polar surface area (TPSA) is 75.0 Å². The number of nitrogens with zero attached hydrogens (tertiary/aromatic N) is 2. The van der Waals surface area contributed by atoms with Gasteiger partial charge in [-0.1, -0.05) is 0 Å². The van der Waals surface area contributed by atoms with E-state index in [1.807, 2.05) is 0 Å². The molecule has 1 aliphatic rings. The normalized spacial score (nSPS) is 15.8. The number of hydrogen-bond acceptors (Lipinski definition) is 4. The quantitative estimate of drug-likeness (QED) is 0.754. The molecule has 0 aliphatic carbocycles. The summed E-state index contributed by atoms with van der Waals surface area (Å²) < 4.78 is 0. The molecule has 0 fully saturated rings. The van der Waals surface area contributed by atoms with Gasteiger partial charge in [0.25, 0.3) is 5.56 Å². The maximum absolute atomic E-state index is 11.8. The summed E-state index contributed by atoms with van der Waals surface area (Å²) in [5.41, 5.74) is 7.19. The Morgan fingerprint density at radius 2 is 2.25 bits per heavy atom. The molecular weight excluding hydrogens is 204 g/mol. The van der Waals surface area contributed by atoms with Crippen molar-refractivity contribution >= 4 is 0 Å². The van der Waals surface area contributed by atoms with Crippen molar-refractivity contribution < 1.29 is 0 Å². The molecule has 1 aliphatic heterocycles. The van der Waals surface area contributed by atoms with E-state index >= 15 is 0 Å². The van der Waals surface area contributed by atoms with Crippen LogP contribution in [0.15, 0.2) is 4.79 Å². The summed E-state index contributed by atoms with van der Waals surface area (Å²) >= 11 is 0. The number of aromatic nitrogens is 2. The molecule has 0 unspecified atom stereocenters. The molecule has 16 heavy (non-hydrogen) atoms. The van der Waals surface area contributed by atoms with Gasteiger partial charge in [0.15, 0.2) is 0 Å². The molecule has 2 rings (SSSR count). The molecule has 0 radical (unpaired) electrons. The number of nitrogens with two attached hydrogens (primary N) is 1. The van der Waals surface area contributed by atoms with Gasteiger partial charge >= 0.3 is 0 Å². The minimum absolute atomic E-state index is 0.00315. The van der Waals surface area contributed by atoms with E-state index in [0.717, 1.165) is 17.8 Å². The average Bonchev–Trinajstić information content (AvgIpc) is 2.62. The smallest absolute Gasteiger partial charge is 0.255 e. The van der Waals surface area contributed by atoms with Gasteiger partial charge in [0, 0.05) is 25.6 Å². The van der Waals surface area contributed by atoms with E-state index in [2.05, 4.69) is 28.7 Å². The Hall–Kier alpha value is -1.20. The monoisotopic (exact) mass is 222 g/mol. The predicted molar refractivity (Wildman–Crippen MR) is 62.0 cm³/mol. The Morgan fingerprint density at radius 3 is 2.88 bits per heavy atom. The van der Waals surface area contributed by atoms with Crippen LogP contribution in [0.25, 0.3) is 0 Å². The highest BCUT2D eigenvalue weighted by Gasteiger charge is 2.25. The van der Waals surface area contributed by atoms with Crippen molar-refractivity contribution in [2.45, 2.75) is 39.4 Å². The third kappa shape index (κ3) is 2.01. The molecule has 0 spiro atoms. The largest absolute Gasteiger partial charge is 0.330 e. The first kappa shape index (κ1) is 11.3. The van der Waals surface area contributed by atoms with Crippen LogP contribution in [0.3, 0.4) is 0 Å². The molecule has 88 valence electrons. The van der Waals surface area contributed by atoms with Gasteiger partial charge in [-0.3, -0.25) is 9.69 Å². The van der Waals surface area contributed by atoms with Gasteiger partial charge in [0.05, 0.1) is 11.3 Å². The van der Waals surface area contributed by atoms with E-state index in [-0.39, 0.29) is 5.56 Å². The fraction of sp³-hybridized carbons (Fsp3) is 0.636. The van der Waals surface area contributed by atoms with Gasteiger partial charge in [0.2, 0.25) is 0 Å². The summed E-state index contributed by atoms with van der Waals surface area (Å²) in [5, 5.41) is 0. The Labute approximate surface area is 94.7 Å². The SMILES string of the molecule is CC(C)N1Cc2nc(CCN)[nH]c(=O)c2C1. The van der Waals surface area contributed by atoms with Crippen molar-refractivity contribution in [2.24, 2.45) is 5.73 Å². The van der Waals surface area contributed by atoms with Gasteiger partial charge in [-0.2, -0.15) is 0 Å². The molecule has 5 nitrogen and oxygen atoms in total. The molecule has 0 saturated heterocycles. The Kier molecular flexibility index (Phi) is 3.07. The maximum Gasteiger partial charge on any atom is 0.255 e. The molecule has 0 atom stereocenters. The van der Waals surface area contributed by atoms with Gasteiger partial charge in [-0.25, -0.2) is 4.98 Å². The minimum atomic E-state index is -0.00315. The van der Waals surface area contributed by atoms with Crippen LogP contribution in [0.5, 0.6) is 0 Å². The van der Waals surface area contributed by atoms with Crippen molar-refractivity contribution in [2.75, 3.05) is 6.54 Å². The molecule has 1 aromatic rings. The average molecular weight is 222 g/mol. The summed E-state index contributed by atoms with van der Waals surface area (Å²) in [5.74, 6) is 0.705. The first-order chi connectivity index (χ1) is 7.61. The van der Waals surface area contributed by atoms with Crippen LogP contribution in [-0.2, 0) is 19.5 Å². The summed E-state index contributed by atoms with van der Waals surface area (Å²) in [4.78, 5) is 21.3. The number of nitrogens with one attached hydrogen (secondary N) is 1. The van der Waals surface area contributed by atoms with Crippen LogP contribution >= 0.6 is 0 Å². The van der Waals surface area contributed by atoms with Crippen LogP contribution in [0.1, 0.15) is 30.9 Å². The van der Waals surface area contributed by atoms with Gasteiger partial charge in [-0.05, 0) is 20.4 Å². The molecule has 2 heterocycles. The highest BCUT2D eigenvalue weighted by molar-refractivity contribution is 5.22. The van der Waals surface area contributed by atoms with Crippen molar-refractivity contribution in [3.63, 3.8) is 0 Å². The van der Waals surface area contributed by atoms with Crippen LogP contribution in [0, 0.1) is 0 Å². The lowest BCUT2D eigenvalue weighted by atomic mass is 10.2. The Morgan fingerprint density at radius 1 is 1.50 bits per heavy atom. The molecule has 0 bridgehead atoms. The van der Waals surface area contributed by atoms with Crippen LogP contribution in [0.4, 0.5) is 0 Å². The van der Waals surface area contributed by atoms with E-state index in [4.69, 9.17) is 5.73 Å². The molecule has 0 amide bonds. The second kappa shape index (κ2) is 4.35. The lowest BCUT2D eigenvalue weighted by Gasteiger charge is -2.18. The molecular formula is C11H18N4O. The first-order valence-electron chi connectivity index (χ1n) is 5.67. The van der Waals surface area contributed by atoms with E-state index in [1.165, 1.54) is 0 Å². The van der Waals surface area contributed by atoms with E-state index in [0.29, 0.717) is 31.4 Å². The number of aromatic amines is 1. The summed E-state index contributed by atoms with van der Waals surface area (Å²) in [6.45, 7) is 6.24. The molecule has 3 N–H and O–H groups in total. The zero-order valence-corrected chi connectivity index (χ0v) is 9.79. The molecule has 0 saturated carbocycles. The highest BCUT2D eigenvalue weighted by Crippen LogP contribution is 2.19. The second-order valence-electron chi connectivity index (χ2n) is 4.48. The van der Waals surface area contributed by atoms with Crippen molar-refractivity contribution in [3.8, 4) is 0 Å². The fourth-order valence-electron chi connectivity index (χ4n) is 1.96. The van der Waals surface area contributed by atoms with Gasteiger partial charge < -0.3 is 10.7 Å². The zero-order chi connectivity index (χ0) is 11.7. The van der Waals surface area contributed by atoms with Gasteiger partial charge in [-0.15, -0.1) is 0 Å². The lowest BCUT2D eigenvalue weighted by Crippen LogP contribution is -2.25. The fourth-order valence-corrected chi connectivity index (χ4v) is 1.96. The summed E-state index contributed by atoms with van der Waals surface area (Å²) in [7, 11) is 0. The molecule has 1 aromatic heterocycles. The van der Waals surface area contributed by atoms with Crippen molar-refractivity contribution in [3.05, 3.63) is 27.4 Å². The van der Waals surface area contributed by atoms with E-state index < -0.39 is 0 Å².